The molecule has 150 valence electrons. The second-order valence-electron chi connectivity index (χ2n) is 8.29. The number of halogens is 1. The largest absolute Gasteiger partial charge is 0.494 e. The van der Waals surface area contributed by atoms with E-state index in [2.05, 4.69) is 99.3 Å². The highest BCUT2D eigenvalue weighted by Crippen LogP contribution is 2.41. The first-order valence-corrected chi connectivity index (χ1v) is 13.3. The molecule has 0 saturated carbocycles. The van der Waals surface area contributed by atoms with Gasteiger partial charge < -0.3 is 4.74 Å². The third kappa shape index (κ3) is 4.91. The minimum Gasteiger partial charge on any atom is -0.494 e. The maximum absolute atomic E-state index is 5.59. The first-order valence-electron chi connectivity index (χ1n) is 10.3. The molecule has 0 unspecified atom stereocenters. The lowest BCUT2D eigenvalue weighted by molar-refractivity contribution is 0.340. The molecule has 3 heteroatoms. The van der Waals surface area contributed by atoms with Gasteiger partial charge in [0.2, 0.25) is 0 Å². The lowest BCUT2D eigenvalue weighted by atomic mass is 10.0. The summed E-state index contributed by atoms with van der Waals surface area (Å²) in [6.07, 6.45) is 0. The minimum absolute atomic E-state index is 0.629. The van der Waals surface area contributed by atoms with E-state index in [-0.39, 0.29) is 0 Å². The fourth-order valence-corrected chi connectivity index (χ4v) is 9.95. The Kier molecular flexibility index (Phi) is 7.98. The molecule has 28 heavy (non-hydrogen) atoms. The quantitative estimate of drug-likeness (QED) is 0.315. The van der Waals surface area contributed by atoms with E-state index in [1.807, 2.05) is 19.1 Å². The van der Waals surface area contributed by atoms with Crippen LogP contribution < -0.4 is 4.74 Å². The first-order chi connectivity index (χ1) is 13.2. The summed E-state index contributed by atoms with van der Waals surface area (Å²) in [5, 5.41) is 0. The molecule has 1 nitrogen and oxygen atoms in total. The van der Waals surface area contributed by atoms with Gasteiger partial charge in [0, 0.05) is 10.0 Å². The second kappa shape index (κ2) is 9.81. The molecule has 2 rings (SSSR count). The number of hydrogen-bond donors (Lipinski definition) is 0. The Morgan fingerprint density at radius 1 is 0.893 bits per heavy atom. The third-order valence-corrected chi connectivity index (χ3v) is 12.5. The monoisotopic (exact) mass is 456 g/mol. The van der Waals surface area contributed by atoms with Gasteiger partial charge in [0.1, 0.15) is 13.8 Å². The number of benzene rings is 2. The van der Waals surface area contributed by atoms with Gasteiger partial charge in [-0.3, -0.25) is 0 Å². The van der Waals surface area contributed by atoms with E-state index in [9.17, 15) is 0 Å². The molecule has 0 amide bonds. The summed E-state index contributed by atoms with van der Waals surface area (Å²) in [5.41, 5.74) is 9.19. The first kappa shape index (κ1) is 22.8. The van der Waals surface area contributed by atoms with Crippen LogP contribution in [0, 0.1) is 11.5 Å². The molecule has 0 aliphatic rings. The van der Waals surface area contributed by atoms with Gasteiger partial charge in [0.25, 0.3) is 0 Å². The lowest BCUT2D eigenvalue weighted by Gasteiger charge is -2.38. The normalized spacial score (nSPS) is 11.7. The molecule has 2 aromatic rings. The predicted octanol–water partition coefficient (Wildman–Crippen LogP) is 8.08. The van der Waals surface area contributed by atoms with Gasteiger partial charge in [-0.25, -0.2) is 0 Å². The van der Waals surface area contributed by atoms with Crippen molar-refractivity contribution in [1.82, 2.24) is 0 Å². The zero-order chi connectivity index (χ0) is 20.9. The van der Waals surface area contributed by atoms with E-state index in [1.165, 1.54) is 11.1 Å². The fourth-order valence-electron chi connectivity index (χ4n) is 4.37. The molecule has 0 atom stereocenters. The number of rotatable bonds is 6. The highest BCUT2D eigenvalue weighted by molar-refractivity contribution is 9.10. The van der Waals surface area contributed by atoms with E-state index >= 15 is 0 Å². The molecule has 0 aliphatic heterocycles. The van der Waals surface area contributed by atoms with Gasteiger partial charge >= 0.3 is 0 Å². The van der Waals surface area contributed by atoms with Crippen molar-refractivity contribution in [2.45, 2.75) is 65.1 Å². The molecule has 0 heterocycles. The summed E-state index contributed by atoms with van der Waals surface area (Å²) in [6, 6.07) is 14.7. The standard InChI is InChI=1S/C25H33BrOSi/c1-8-27-24-13-10-21(11-14-24)25-17-23(26)12-9-22(25)15-16-28(18(2)3,19(4)5)20(6)7/h9-14,17-20H,8H2,1-7H3. The van der Waals surface area contributed by atoms with Crippen LogP contribution >= 0.6 is 15.9 Å². The number of ether oxygens (including phenoxy) is 1. The van der Waals surface area contributed by atoms with Crippen LogP contribution in [-0.2, 0) is 0 Å². The van der Waals surface area contributed by atoms with E-state index in [0.717, 1.165) is 15.8 Å². The summed E-state index contributed by atoms with van der Waals surface area (Å²) in [7, 11) is -1.76. The summed E-state index contributed by atoms with van der Waals surface area (Å²) in [6.45, 7) is 16.8. The highest BCUT2D eigenvalue weighted by Gasteiger charge is 2.41. The van der Waals surface area contributed by atoms with Crippen molar-refractivity contribution >= 4 is 24.0 Å². The Hall–Kier alpha value is -1.50. The van der Waals surface area contributed by atoms with Crippen molar-refractivity contribution in [3.63, 3.8) is 0 Å². The molecule has 0 saturated heterocycles. The summed E-state index contributed by atoms with van der Waals surface area (Å²) in [4.78, 5) is 0. The summed E-state index contributed by atoms with van der Waals surface area (Å²) < 4.78 is 6.66. The van der Waals surface area contributed by atoms with E-state index in [1.54, 1.807) is 0 Å². The molecule has 0 radical (unpaired) electrons. The van der Waals surface area contributed by atoms with Crippen molar-refractivity contribution in [2.75, 3.05) is 6.61 Å². The molecule has 0 N–H and O–H groups in total. The predicted molar refractivity (Wildman–Crippen MR) is 129 cm³/mol. The Morgan fingerprint density at radius 2 is 1.46 bits per heavy atom. The van der Waals surface area contributed by atoms with Crippen molar-refractivity contribution in [3.05, 3.63) is 52.5 Å². The number of hydrogen-bond acceptors (Lipinski definition) is 1. The van der Waals surface area contributed by atoms with Gasteiger partial charge in [-0.1, -0.05) is 75.5 Å². The maximum atomic E-state index is 5.59. The van der Waals surface area contributed by atoms with Gasteiger partial charge in [-0.05, 0) is 65.0 Å². The molecule has 0 spiro atoms. The average Bonchev–Trinajstić information content (AvgIpc) is 2.63. The zero-order valence-corrected chi connectivity index (χ0v) is 20.9. The van der Waals surface area contributed by atoms with Crippen LogP contribution in [0.2, 0.25) is 16.6 Å². The molecule has 0 bridgehead atoms. The van der Waals surface area contributed by atoms with Gasteiger partial charge in [0.15, 0.2) is 0 Å². The van der Waals surface area contributed by atoms with Crippen molar-refractivity contribution in [2.24, 2.45) is 0 Å². The lowest BCUT2D eigenvalue weighted by Crippen LogP contribution is -2.43. The zero-order valence-electron chi connectivity index (χ0n) is 18.3. The van der Waals surface area contributed by atoms with Crippen molar-refractivity contribution < 1.29 is 4.74 Å². The van der Waals surface area contributed by atoms with Crippen LogP contribution in [0.4, 0.5) is 0 Å². The van der Waals surface area contributed by atoms with Gasteiger partial charge in [-0.2, -0.15) is 0 Å². The van der Waals surface area contributed by atoms with Crippen LogP contribution in [0.5, 0.6) is 5.75 Å². The smallest absolute Gasteiger partial charge is 0.146 e. The van der Waals surface area contributed by atoms with Gasteiger partial charge in [0.05, 0.1) is 6.61 Å². The third-order valence-electron chi connectivity index (χ3n) is 5.74. The van der Waals surface area contributed by atoms with E-state index in [4.69, 9.17) is 4.74 Å². The Morgan fingerprint density at radius 3 is 1.96 bits per heavy atom. The molecular formula is C25H33BrOSi. The van der Waals surface area contributed by atoms with Crippen LogP contribution in [0.15, 0.2) is 46.9 Å². The Labute approximate surface area is 181 Å². The topological polar surface area (TPSA) is 9.23 Å². The highest BCUT2D eigenvalue weighted by atomic mass is 79.9. The molecule has 2 aromatic carbocycles. The minimum atomic E-state index is -1.76. The molecule has 0 fully saturated rings. The fraction of sp³-hybridized carbons (Fsp3) is 0.440. The van der Waals surface area contributed by atoms with Crippen LogP contribution in [0.3, 0.4) is 0 Å². The molecular weight excluding hydrogens is 424 g/mol. The van der Waals surface area contributed by atoms with E-state index < -0.39 is 8.07 Å². The van der Waals surface area contributed by atoms with Crippen molar-refractivity contribution in [1.29, 1.82) is 0 Å². The van der Waals surface area contributed by atoms with Crippen LogP contribution in [0.1, 0.15) is 54.0 Å². The van der Waals surface area contributed by atoms with Crippen LogP contribution in [-0.4, -0.2) is 14.7 Å². The second-order valence-corrected chi connectivity index (χ2v) is 14.8. The Balaban J connectivity index is 2.55. The summed E-state index contributed by atoms with van der Waals surface area (Å²) in [5.74, 6) is 4.53. The van der Waals surface area contributed by atoms with Gasteiger partial charge in [-0.15, -0.1) is 5.54 Å². The molecule has 0 aromatic heterocycles. The van der Waals surface area contributed by atoms with E-state index in [0.29, 0.717) is 23.2 Å². The maximum Gasteiger partial charge on any atom is 0.146 e. The SMILES string of the molecule is CCOc1ccc(-c2cc(Br)ccc2C#C[Si](C(C)C)(C(C)C)C(C)C)cc1. The van der Waals surface area contributed by atoms with Crippen LogP contribution in [0.25, 0.3) is 11.1 Å². The van der Waals surface area contributed by atoms with Crippen molar-refractivity contribution in [3.8, 4) is 28.3 Å². The Bertz CT molecular complexity index is 819. The average molecular weight is 458 g/mol. The molecule has 0 aliphatic carbocycles. The summed E-state index contributed by atoms with van der Waals surface area (Å²) >= 11 is 3.63.